The summed E-state index contributed by atoms with van der Waals surface area (Å²) in [5.41, 5.74) is 0.271. The summed E-state index contributed by atoms with van der Waals surface area (Å²) in [5.74, 6) is -1.11. The second-order valence-corrected chi connectivity index (χ2v) is 10.9. The summed E-state index contributed by atoms with van der Waals surface area (Å²) in [4.78, 5) is 37.2. The summed E-state index contributed by atoms with van der Waals surface area (Å²) in [6, 6.07) is 0. The van der Waals surface area contributed by atoms with Gasteiger partial charge in [-0.2, -0.15) is 0 Å². The molecule has 0 aromatic rings. The first-order chi connectivity index (χ1) is 15.3. The highest BCUT2D eigenvalue weighted by Crippen LogP contribution is 2.64. The van der Waals surface area contributed by atoms with Crippen LogP contribution in [0.2, 0.25) is 0 Å². The van der Waals surface area contributed by atoms with E-state index in [2.05, 4.69) is 22.6 Å². The molecule has 0 bridgehead atoms. The van der Waals surface area contributed by atoms with Gasteiger partial charge in [-0.25, -0.2) is 4.39 Å². The maximum atomic E-state index is 15.6. The molecule has 1 saturated heterocycles. The SMILES string of the molecule is CO/N=C1\CC2C(C(=O)C(F)[C@]3(C)C(=O)CCC23)[C@@]2(C)CC/C(=N\OC3CCNC3)CC12. The zero-order valence-corrected chi connectivity index (χ0v) is 19.2. The van der Waals surface area contributed by atoms with Crippen molar-refractivity contribution < 1.29 is 23.7 Å². The van der Waals surface area contributed by atoms with Gasteiger partial charge in [0.1, 0.15) is 19.0 Å². The van der Waals surface area contributed by atoms with Crippen LogP contribution >= 0.6 is 0 Å². The van der Waals surface area contributed by atoms with Gasteiger partial charge in [0.15, 0.2) is 12.0 Å². The van der Waals surface area contributed by atoms with E-state index in [9.17, 15) is 9.59 Å². The van der Waals surface area contributed by atoms with E-state index in [1.54, 1.807) is 6.92 Å². The highest BCUT2D eigenvalue weighted by atomic mass is 19.1. The van der Waals surface area contributed by atoms with E-state index < -0.39 is 22.9 Å². The van der Waals surface area contributed by atoms with Crippen molar-refractivity contribution in [1.29, 1.82) is 0 Å². The second-order valence-electron chi connectivity index (χ2n) is 10.9. The van der Waals surface area contributed by atoms with Crippen molar-refractivity contribution in [3.8, 4) is 0 Å². The average Bonchev–Trinajstić information content (AvgIpc) is 3.39. The zero-order chi connectivity index (χ0) is 22.7. The molecule has 176 valence electrons. The number of carbonyl (C=O) groups is 2. The van der Waals surface area contributed by atoms with Crippen molar-refractivity contribution in [3.05, 3.63) is 0 Å². The van der Waals surface area contributed by atoms with Gasteiger partial charge < -0.3 is 15.0 Å². The summed E-state index contributed by atoms with van der Waals surface area (Å²) in [5, 5.41) is 12.1. The molecule has 0 amide bonds. The molecule has 0 spiro atoms. The first-order valence-electron chi connectivity index (χ1n) is 12.0. The van der Waals surface area contributed by atoms with Gasteiger partial charge in [0, 0.05) is 31.2 Å². The fourth-order valence-electron chi connectivity index (χ4n) is 7.60. The number of halogens is 1. The summed E-state index contributed by atoms with van der Waals surface area (Å²) in [6.07, 6.45) is 3.02. The summed E-state index contributed by atoms with van der Waals surface area (Å²) in [6.45, 7) is 5.54. The molecule has 6 unspecified atom stereocenters. The zero-order valence-electron chi connectivity index (χ0n) is 19.2. The Morgan fingerprint density at radius 1 is 1.12 bits per heavy atom. The Balaban J connectivity index is 1.47. The number of alkyl halides is 1. The minimum Gasteiger partial charge on any atom is -0.399 e. The molecule has 5 aliphatic rings. The van der Waals surface area contributed by atoms with Gasteiger partial charge in [0.2, 0.25) is 0 Å². The highest BCUT2D eigenvalue weighted by Gasteiger charge is 2.68. The quantitative estimate of drug-likeness (QED) is 0.672. The van der Waals surface area contributed by atoms with Crippen molar-refractivity contribution in [3.63, 3.8) is 0 Å². The molecule has 5 rings (SSSR count). The van der Waals surface area contributed by atoms with Gasteiger partial charge >= 0.3 is 0 Å². The van der Waals surface area contributed by atoms with Crippen LogP contribution in [0.4, 0.5) is 4.39 Å². The summed E-state index contributed by atoms with van der Waals surface area (Å²) < 4.78 is 15.6. The van der Waals surface area contributed by atoms with Crippen LogP contribution in [0.3, 0.4) is 0 Å². The van der Waals surface area contributed by atoms with Gasteiger partial charge in [-0.1, -0.05) is 17.2 Å². The standard InChI is InChI=1S/C24H34FN3O4/c1-23-8-6-13(27-32-14-7-9-26-12-14)10-17(23)18(28-31-3)11-15-16-4-5-19(29)24(16,2)22(25)21(30)20(15)23/h14-17,20,22,26H,4-12H2,1-3H3/b27-13+,28-18+/t14?,15?,16?,17?,20?,22?,23-,24-/m0/s1. The molecule has 7 nitrogen and oxygen atoms in total. The monoisotopic (exact) mass is 447 g/mol. The maximum absolute atomic E-state index is 15.6. The molecule has 0 aromatic carbocycles. The predicted molar refractivity (Wildman–Crippen MR) is 117 cm³/mol. The molecular formula is C24H34FN3O4. The molecule has 8 atom stereocenters. The topological polar surface area (TPSA) is 89.4 Å². The fourth-order valence-corrected chi connectivity index (χ4v) is 7.60. The Hall–Kier alpha value is -1.83. The van der Waals surface area contributed by atoms with Crippen LogP contribution in [-0.4, -0.2) is 55.5 Å². The number of carbonyl (C=O) groups excluding carboxylic acids is 2. The maximum Gasteiger partial charge on any atom is 0.171 e. The first-order valence-corrected chi connectivity index (χ1v) is 12.0. The van der Waals surface area contributed by atoms with Crippen molar-refractivity contribution in [1.82, 2.24) is 5.32 Å². The highest BCUT2D eigenvalue weighted by molar-refractivity contribution is 6.02. The van der Waals surface area contributed by atoms with Crippen molar-refractivity contribution in [2.75, 3.05) is 20.2 Å². The summed E-state index contributed by atoms with van der Waals surface area (Å²) >= 11 is 0. The Bertz CT molecular complexity index is 869. The lowest BCUT2D eigenvalue weighted by Crippen LogP contribution is -2.64. The van der Waals surface area contributed by atoms with Gasteiger partial charge in [-0.15, -0.1) is 0 Å². The lowest BCUT2D eigenvalue weighted by molar-refractivity contribution is -0.163. The number of nitrogens with one attached hydrogen (secondary N) is 1. The third kappa shape index (κ3) is 3.08. The number of fused-ring (bicyclic) bond motifs is 5. The fraction of sp³-hybridized carbons (Fsp3) is 0.833. The molecule has 1 N–H and O–H groups in total. The first kappa shape index (κ1) is 22.0. The van der Waals surface area contributed by atoms with Gasteiger partial charge in [0.05, 0.1) is 16.8 Å². The number of oxime groups is 2. The van der Waals surface area contributed by atoms with Crippen molar-refractivity contribution in [2.45, 2.75) is 71.1 Å². The lowest BCUT2D eigenvalue weighted by Gasteiger charge is -2.58. The normalized spacial score (nSPS) is 48.5. The third-order valence-electron chi connectivity index (χ3n) is 9.38. The molecule has 32 heavy (non-hydrogen) atoms. The minimum atomic E-state index is -1.71. The van der Waals surface area contributed by atoms with E-state index in [1.807, 2.05) is 0 Å². The van der Waals surface area contributed by atoms with Crippen LogP contribution in [-0.2, 0) is 19.3 Å². The number of rotatable bonds is 3. The van der Waals surface area contributed by atoms with Gasteiger partial charge in [-0.05, 0) is 62.8 Å². The Kier molecular flexibility index (Phi) is 5.42. The van der Waals surface area contributed by atoms with Crippen LogP contribution in [0.25, 0.3) is 0 Å². The molecule has 5 fully saturated rings. The molecule has 0 aromatic heterocycles. The predicted octanol–water partition coefficient (Wildman–Crippen LogP) is 3.07. The number of ketones is 2. The molecule has 1 aliphatic heterocycles. The van der Waals surface area contributed by atoms with Crippen molar-refractivity contribution in [2.24, 2.45) is 44.8 Å². The van der Waals surface area contributed by atoms with Crippen LogP contribution in [0.15, 0.2) is 10.3 Å². The number of hydrogen-bond donors (Lipinski definition) is 1. The van der Waals surface area contributed by atoms with E-state index in [4.69, 9.17) is 9.68 Å². The second kappa shape index (κ2) is 7.89. The van der Waals surface area contributed by atoms with Crippen LogP contribution in [0.5, 0.6) is 0 Å². The third-order valence-corrected chi connectivity index (χ3v) is 9.38. The number of hydrogen-bond acceptors (Lipinski definition) is 7. The van der Waals surface area contributed by atoms with E-state index >= 15 is 4.39 Å². The Morgan fingerprint density at radius 2 is 1.94 bits per heavy atom. The minimum absolute atomic E-state index is 0.0425. The van der Waals surface area contributed by atoms with E-state index in [1.165, 1.54) is 7.11 Å². The lowest BCUT2D eigenvalue weighted by atomic mass is 9.44. The molecule has 1 heterocycles. The van der Waals surface area contributed by atoms with E-state index in [0.29, 0.717) is 25.7 Å². The van der Waals surface area contributed by atoms with E-state index in [0.717, 1.165) is 43.8 Å². The Labute approximate surface area is 188 Å². The number of nitrogens with zero attached hydrogens (tertiary/aromatic N) is 2. The van der Waals surface area contributed by atoms with E-state index in [-0.39, 0.29) is 35.4 Å². The van der Waals surface area contributed by atoms with Crippen LogP contribution < -0.4 is 5.32 Å². The Morgan fingerprint density at radius 3 is 2.66 bits per heavy atom. The molecule has 8 heteroatoms. The summed E-state index contributed by atoms with van der Waals surface area (Å²) in [7, 11) is 1.54. The largest absolute Gasteiger partial charge is 0.399 e. The van der Waals surface area contributed by atoms with Crippen LogP contribution in [0, 0.1) is 34.5 Å². The smallest absolute Gasteiger partial charge is 0.171 e. The van der Waals surface area contributed by atoms with Gasteiger partial charge in [-0.3, -0.25) is 9.59 Å². The molecule has 0 radical (unpaired) electrons. The van der Waals surface area contributed by atoms with Gasteiger partial charge in [0.25, 0.3) is 0 Å². The molecule has 4 saturated carbocycles. The average molecular weight is 448 g/mol. The number of Topliss-reactive ketones (excluding diaryl/α,β-unsaturated/α-hetero) is 2. The molecular weight excluding hydrogens is 413 g/mol. The van der Waals surface area contributed by atoms with Crippen molar-refractivity contribution >= 4 is 23.0 Å². The molecule has 4 aliphatic carbocycles. The van der Waals surface area contributed by atoms with Crippen LogP contribution in [0.1, 0.15) is 58.8 Å².